The van der Waals surface area contributed by atoms with Gasteiger partial charge in [-0.15, -0.1) is 0 Å². The van der Waals surface area contributed by atoms with E-state index in [0.29, 0.717) is 5.41 Å². The summed E-state index contributed by atoms with van der Waals surface area (Å²) in [5, 5.41) is 3.84. The molecule has 1 aliphatic carbocycles. The molecular formula is C16H33N. The predicted octanol–water partition coefficient (Wildman–Crippen LogP) is 4.76. The van der Waals surface area contributed by atoms with Crippen molar-refractivity contribution in [3.8, 4) is 0 Å². The monoisotopic (exact) mass is 239 g/mol. The van der Waals surface area contributed by atoms with Crippen LogP contribution in [0.2, 0.25) is 0 Å². The van der Waals surface area contributed by atoms with Crippen LogP contribution in [0, 0.1) is 11.3 Å². The molecule has 17 heavy (non-hydrogen) atoms. The van der Waals surface area contributed by atoms with E-state index in [2.05, 4.69) is 33.0 Å². The highest BCUT2D eigenvalue weighted by Crippen LogP contribution is 2.27. The summed E-state index contributed by atoms with van der Waals surface area (Å²) < 4.78 is 0. The first kappa shape index (κ1) is 15.0. The summed E-state index contributed by atoms with van der Waals surface area (Å²) in [7, 11) is 0. The number of rotatable bonds is 7. The topological polar surface area (TPSA) is 12.0 Å². The molecule has 0 aromatic heterocycles. The van der Waals surface area contributed by atoms with Gasteiger partial charge in [0.1, 0.15) is 0 Å². The molecule has 102 valence electrons. The maximum Gasteiger partial charge on any atom is 0.00929 e. The molecular weight excluding hydrogens is 206 g/mol. The Labute approximate surface area is 109 Å². The maximum absolute atomic E-state index is 3.84. The number of unbranched alkanes of at least 4 members (excludes halogenated alkanes) is 2. The van der Waals surface area contributed by atoms with Crippen molar-refractivity contribution in [2.24, 2.45) is 11.3 Å². The van der Waals surface area contributed by atoms with Gasteiger partial charge in [-0.05, 0) is 30.6 Å². The van der Waals surface area contributed by atoms with Crippen LogP contribution in [-0.4, -0.2) is 12.6 Å². The SMILES string of the molecule is CCCCCC(C)(C)CNC1CCCCC1C. The van der Waals surface area contributed by atoms with Gasteiger partial charge >= 0.3 is 0 Å². The van der Waals surface area contributed by atoms with Gasteiger partial charge in [0, 0.05) is 12.6 Å². The second-order valence-corrected chi connectivity index (χ2v) is 6.87. The van der Waals surface area contributed by atoms with Gasteiger partial charge in [0.25, 0.3) is 0 Å². The van der Waals surface area contributed by atoms with Gasteiger partial charge in [-0.3, -0.25) is 0 Å². The molecule has 0 amide bonds. The lowest BCUT2D eigenvalue weighted by Crippen LogP contribution is -2.42. The Morgan fingerprint density at radius 1 is 1.12 bits per heavy atom. The van der Waals surface area contributed by atoms with Gasteiger partial charge in [-0.1, -0.05) is 59.8 Å². The molecule has 1 fully saturated rings. The van der Waals surface area contributed by atoms with E-state index in [1.54, 1.807) is 0 Å². The Kier molecular flexibility index (Phi) is 6.54. The van der Waals surface area contributed by atoms with E-state index in [-0.39, 0.29) is 0 Å². The third kappa shape index (κ3) is 5.90. The van der Waals surface area contributed by atoms with Crippen molar-refractivity contribution in [3.63, 3.8) is 0 Å². The van der Waals surface area contributed by atoms with Gasteiger partial charge in [0.2, 0.25) is 0 Å². The first-order chi connectivity index (χ1) is 8.05. The third-order valence-corrected chi connectivity index (χ3v) is 4.41. The van der Waals surface area contributed by atoms with Crippen molar-refractivity contribution in [3.05, 3.63) is 0 Å². The average molecular weight is 239 g/mol. The molecule has 1 nitrogen and oxygen atoms in total. The minimum absolute atomic E-state index is 0.479. The summed E-state index contributed by atoms with van der Waals surface area (Å²) in [6, 6.07) is 0.786. The summed E-state index contributed by atoms with van der Waals surface area (Å²) in [4.78, 5) is 0. The van der Waals surface area contributed by atoms with E-state index in [1.165, 1.54) is 57.9 Å². The molecule has 1 saturated carbocycles. The van der Waals surface area contributed by atoms with E-state index in [1.807, 2.05) is 0 Å². The zero-order valence-electron chi connectivity index (χ0n) is 12.5. The van der Waals surface area contributed by atoms with E-state index < -0.39 is 0 Å². The van der Waals surface area contributed by atoms with Crippen molar-refractivity contribution in [1.29, 1.82) is 0 Å². The van der Waals surface area contributed by atoms with Gasteiger partial charge in [-0.2, -0.15) is 0 Å². The Morgan fingerprint density at radius 2 is 1.82 bits per heavy atom. The predicted molar refractivity (Wildman–Crippen MR) is 77.3 cm³/mol. The number of hydrogen-bond acceptors (Lipinski definition) is 1. The van der Waals surface area contributed by atoms with Crippen LogP contribution in [0.3, 0.4) is 0 Å². The van der Waals surface area contributed by atoms with E-state index in [0.717, 1.165) is 12.0 Å². The van der Waals surface area contributed by atoms with E-state index >= 15 is 0 Å². The highest BCUT2D eigenvalue weighted by Gasteiger charge is 2.24. The van der Waals surface area contributed by atoms with Gasteiger partial charge in [0.15, 0.2) is 0 Å². The standard InChI is InChI=1S/C16H33N/c1-5-6-9-12-16(3,4)13-17-15-11-8-7-10-14(15)2/h14-15,17H,5-13H2,1-4H3. The molecule has 2 unspecified atom stereocenters. The lowest BCUT2D eigenvalue weighted by Gasteiger charge is -2.34. The van der Waals surface area contributed by atoms with E-state index in [9.17, 15) is 0 Å². The fourth-order valence-corrected chi connectivity index (χ4v) is 2.97. The average Bonchev–Trinajstić information content (AvgIpc) is 2.28. The second-order valence-electron chi connectivity index (χ2n) is 6.87. The molecule has 0 aliphatic heterocycles. The summed E-state index contributed by atoms with van der Waals surface area (Å²) >= 11 is 0. The third-order valence-electron chi connectivity index (χ3n) is 4.41. The lowest BCUT2D eigenvalue weighted by molar-refractivity contribution is 0.229. The van der Waals surface area contributed by atoms with Gasteiger partial charge in [-0.25, -0.2) is 0 Å². The van der Waals surface area contributed by atoms with Crippen LogP contribution < -0.4 is 5.32 Å². The highest BCUT2D eigenvalue weighted by molar-refractivity contribution is 4.81. The van der Waals surface area contributed by atoms with Crippen LogP contribution in [0.15, 0.2) is 0 Å². The normalized spacial score (nSPS) is 26.1. The fourth-order valence-electron chi connectivity index (χ4n) is 2.97. The zero-order valence-corrected chi connectivity index (χ0v) is 12.5. The minimum atomic E-state index is 0.479. The van der Waals surface area contributed by atoms with Crippen LogP contribution in [0.25, 0.3) is 0 Å². The van der Waals surface area contributed by atoms with Crippen molar-refractivity contribution in [2.75, 3.05) is 6.54 Å². The van der Waals surface area contributed by atoms with Crippen molar-refractivity contribution in [1.82, 2.24) is 5.32 Å². The molecule has 0 spiro atoms. The summed E-state index contributed by atoms with van der Waals surface area (Å²) in [6.07, 6.45) is 11.2. The minimum Gasteiger partial charge on any atom is -0.313 e. The smallest absolute Gasteiger partial charge is 0.00929 e. The van der Waals surface area contributed by atoms with Gasteiger partial charge in [0.05, 0.1) is 0 Å². The highest BCUT2D eigenvalue weighted by atomic mass is 14.9. The zero-order chi connectivity index (χ0) is 12.7. The molecule has 1 heteroatoms. The Bertz CT molecular complexity index is 198. The van der Waals surface area contributed by atoms with Crippen molar-refractivity contribution >= 4 is 0 Å². The Balaban J connectivity index is 2.22. The molecule has 1 aliphatic rings. The van der Waals surface area contributed by atoms with Crippen molar-refractivity contribution < 1.29 is 0 Å². The molecule has 0 saturated heterocycles. The molecule has 0 aromatic carbocycles. The second kappa shape index (κ2) is 7.41. The molecule has 0 aromatic rings. The first-order valence-corrected chi connectivity index (χ1v) is 7.78. The van der Waals surface area contributed by atoms with Crippen LogP contribution in [0.1, 0.15) is 79.1 Å². The molecule has 0 bridgehead atoms. The maximum atomic E-state index is 3.84. The van der Waals surface area contributed by atoms with Crippen LogP contribution in [0.4, 0.5) is 0 Å². The summed E-state index contributed by atoms with van der Waals surface area (Å²) in [5.41, 5.74) is 0.479. The van der Waals surface area contributed by atoms with Crippen LogP contribution in [-0.2, 0) is 0 Å². The number of nitrogens with one attached hydrogen (secondary N) is 1. The lowest BCUT2D eigenvalue weighted by atomic mass is 9.83. The molecule has 0 radical (unpaired) electrons. The molecule has 1 N–H and O–H groups in total. The molecule has 2 atom stereocenters. The summed E-state index contributed by atoms with van der Waals surface area (Å²) in [5.74, 6) is 0.884. The summed E-state index contributed by atoms with van der Waals surface area (Å²) in [6.45, 7) is 10.7. The molecule has 1 rings (SSSR count). The van der Waals surface area contributed by atoms with Gasteiger partial charge < -0.3 is 5.32 Å². The van der Waals surface area contributed by atoms with E-state index in [4.69, 9.17) is 0 Å². The van der Waals surface area contributed by atoms with Crippen LogP contribution >= 0.6 is 0 Å². The van der Waals surface area contributed by atoms with Crippen molar-refractivity contribution in [2.45, 2.75) is 85.1 Å². The molecule has 0 heterocycles. The largest absolute Gasteiger partial charge is 0.313 e. The first-order valence-electron chi connectivity index (χ1n) is 7.78. The fraction of sp³-hybridized carbons (Fsp3) is 1.00. The quantitative estimate of drug-likeness (QED) is 0.632. The van der Waals surface area contributed by atoms with Crippen LogP contribution in [0.5, 0.6) is 0 Å². The number of hydrogen-bond donors (Lipinski definition) is 1. The Morgan fingerprint density at radius 3 is 2.47 bits per heavy atom. The Hall–Kier alpha value is -0.0400.